The van der Waals surface area contributed by atoms with Crippen LogP contribution in [0.15, 0.2) is 97.2 Å². The summed E-state index contributed by atoms with van der Waals surface area (Å²) in [4.78, 5) is 41.3. The molecule has 7 nitrogen and oxygen atoms in total. The number of nitrogens with zero attached hydrogens (tertiary/aromatic N) is 1. The van der Waals surface area contributed by atoms with E-state index in [2.05, 4.69) is 22.5 Å². The van der Waals surface area contributed by atoms with Crippen molar-refractivity contribution in [2.24, 2.45) is 5.92 Å². The van der Waals surface area contributed by atoms with Crippen molar-refractivity contribution in [2.45, 2.75) is 45.4 Å². The van der Waals surface area contributed by atoms with Gasteiger partial charge in [0.1, 0.15) is 5.82 Å². The lowest BCUT2D eigenvalue weighted by Gasteiger charge is -2.12. The molecule has 0 aliphatic rings. The van der Waals surface area contributed by atoms with Crippen molar-refractivity contribution in [1.82, 2.24) is 4.98 Å². The molecule has 1 atom stereocenters. The van der Waals surface area contributed by atoms with Crippen LogP contribution in [0, 0.1) is 5.92 Å². The van der Waals surface area contributed by atoms with Gasteiger partial charge in [-0.25, -0.2) is 9.78 Å². The monoisotopic (exact) mass is 549 g/mol. The highest BCUT2D eigenvalue weighted by Gasteiger charge is 2.22. The maximum atomic E-state index is 12.8. The van der Waals surface area contributed by atoms with Crippen molar-refractivity contribution in [3.8, 4) is 11.1 Å². The van der Waals surface area contributed by atoms with E-state index in [4.69, 9.17) is 0 Å². The minimum absolute atomic E-state index is 0.0471. The molecule has 4 rings (SSSR count). The molecular formula is C34H35N3O4. The first kappa shape index (κ1) is 29.2. The molecule has 4 aromatic rings. The van der Waals surface area contributed by atoms with Gasteiger partial charge in [0.25, 0.3) is 0 Å². The second kappa shape index (κ2) is 14.6. The number of benzene rings is 3. The zero-order chi connectivity index (χ0) is 29.0. The number of carbonyl (C=O) groups excluding carboxylic acids is 2. The fraction of sp³-hybridized carbons (Fsp3) is 0.235. The highest BCUT2D eigenvalue weighted by atomic mass is 16.4. The number of carboxylic acid groups (broad SMARTS) is 1. The number of anilines is 2. The van der Waals surface area contributed by atoms with Gasteiger partial charge in [-0.15, -0.1) is 0 Å². The molecule has 41 heavy (non-hydrogen) atoms. The molecule has 0 saturated heterocycles. The Hall–Kier alpha value is -4.78. The number of hydrogen-bond acceptors (Lipinski definition) is 4. The van der Waals surface area contributed by atoms with Crippen molar-refractivity contribution in [2.75, 3.05) is 10.6 Å². The van der Waals surface area contributed by atoms with E-state index in [-0.39, 0.29) is 18.2 Å². The van der Waals surface area contributed by atoms with Crippen molar-refractivity contribution in [3.63, 3.8) is 0 Å². The van der Waals surface area contributed by atoms with Gasteiger partial charge in [-0.1, -0.05) is 80.1 Å². The fourth-order valence-corrected chi connectivity index (χ4v) is 4.54. The second-order valence-electron chi connectivity index (χ2n) is 10.1. The number of unbranched alkanes of at least 4 members (excludes halogenated alkanes) is 1. The first-order valence-corrected chi connectivity index (χ1v) is 13.9. The van der Waals surface area contributed by atoms with Crippen LogP contribution in [-0.2, 0) is 17.6 Å². The number of rotatable bonds is 13. The van der Waals surface area contributed by atoms with E-state index in [1.165, 1.54) is 5.56 Å². The van der Waals surface area contributed by atoms with Crippen molar-refractivity contribution in [1.29, 1.82) is 0 Å². The third kappa shape index (κ3) is 8.86. The molecule has 1 heterocycles. The Labute approximate surface area is 240 Å². The second-order valence-corrected chi connectivity index (χ2v) is 10.1. The third-order valence-electron chi connectivity index (χ3n) is 6.98. The van der Waals surface area contributed by atoms with Crippen molar-refractivity contribution >= 4 is 29.3 Å². The number of Topliss-reactive ketones (excluding diaryl/α,β-unsaturated/α-hetero) is 1. The van der Waals surface area contributed by atoms with E-state index in [1.807, 2.05) is 72.8 Å². The molecule has 3 N–H and O–H groups in total. The number of aromatic nitrogens is 1. The largest absolute Gasteiger partial charge is 0.481 e. The zero-order valence-corrected chi connectivity index (χ0v) is 23.2. The molecule has 3 aromatic carbocycles. The van der Waals surface area contributed by atoms with Gasteiger partial charge in [-0.3, -0.25) is 14.9 Å². The summed E-state index contributed by atoms with van der Waals surface area (Å²) in [5, 5.41) is 15.2. The summed E-state index contributed by atoms with van der Waals surface area (Å²) >= 11 is 0. The highest BCUT2D eigenvalue weighted by Crippen LogP contribution is 2.23. The molecule has 2 amide bonds. The number of aryl methyl sites for hydroxylation is 2. The maximum absolute atomic E-state index is 12.8. The first-order chi connectivity index (χ1) is 19.9. The van der Waals surface area contributed by atoms with Crippen molar-refractivity contribution < 1.29 is 19.5 Å². The van der Waals surface area contributed by atoms with Crippen LogP contribution in [0.2, 0.25) is 0 Å². The van der Waals surface area contributed by atoms with Gasteiger partial charge in [0.15, 0.2) is 5.78 Å². The molecule has 7 heteroatoms. The molecule has 0 bridgehead atoms. The van der Waals surface area contributed by atoms with Crippen LogP contribution < -0.4 is 10.6 Å². The average Bonchev–Trinajstić information content (AvgIpc) is 2.99. The summed E-state index contributed by atoms with van der Waals surface area (Å²) in [7, 11) is 0. The first-order valence-electron chi connectivity index (χ1n) is 13.9. The number of aliphatic carboxylic acids is 1. The fourth-order valence-electron chi connectivity index (χ4n) is 4.54. The van der Waals surface area contributed by atoms with Crippen LogP contribution in [0.25, 0.3) is 11.1 Å². The van der Waals surface area contributed by atoms with Gasteiger partial charge in [0, 0.05) is 29.4 Å². The SMILES string of the molecule is CCCCc1ccc(NC(=O)Nc2ccc(-c3ccc(C(=O)CC(CCc4ccccc4)C(=O)O)cc3)cn2)cc1. The van der Waals surface area contributed by atoms with Gasteiger partial charge in [0.05, 0.1) is 5.92 Å². The number of nitrogens with one attached hydrogen (secondary N) is 2. The molecule has 0 radical (unpaired) electrons. The summed E-state index contributed by atoms with van der Waals surface area (Å²) < 4.78 is 0. The molecule has 0 saturated carbocycles. The van der Waals surface area contributed by atoms with E-state index >= 15 is 0 Å². The molecule has 210 valence electrons. The third-order valence-corrected chi connectivity index (χ3v) is 6.98. The maximum Gasteiger partial charge on any atom is 0.324 e. The smallest absolute Gasteiger partial charge is 0.324 e. The molecule has 0 spiro atoms. The average molecular weight is 550 g/mol. The summed E-state index contributed by atoms with van der Waals surface area (Å²) in [6, 6.07) is 27.7. The minimum Gasteiger partial charge on any atom is -0.481 e. The number of pyridine rings is 1. The summed E-state index contributed by atoms with van der Waals surface area (Å²) in [5.41, 5.74) is 5.16. The summed E-state index contributed by atoms with van der Waals surface area (Å²) in [6.45, 7) is 2.16. The van der Waals surface area contributed by atoms with E-state index in [0.717, 1.165) is 36.0 Å². The Balaban J connectivity index is 1.29. The van der Waals surface area contributed by atoms with Crippen molar-refractivity contribution in [3.05, 3.63) is 114 Å². The van der Waals surface area contributed by atoms with Crippen LogP contribution in [0.4, 0.5) is 16.3 Å². The number of amides is 2. The normalized spacial score (nSPS) is 11.4. The lowest BCUT2D eigenvalue weighted by Crippen LogP contribution is -2.20. The molecule has 0 aliphatic heterocycles. The van der Waals surface area contributed by atoms with E-state index in [0.29, 0.717) is 29.9 Å². The van der Waals surface area contributed by atoms with E-state index in [1.54, 1.807) is 24.4 Å². The standard InChI is InChI=1S/C34H35N3O4/c1-2-3-7-25-11-19-30(20-12-25)36-34(41)37-32-21-18-29(23-35-32)26-14-16-27(17-15-26)31(38)22-28(33(39)40)13-10-24-8-5-4-6-9-24/h4-6,8-9,11-12,14-21,23,28H,2-3,7,10,13,22H2,1H3,(H,39,40)(H2,35,36,37,41). The molecule has 0 aliphatic carbocycles. The highest BCUT2D eigenvalue weighted by molar-refractivity contribution is 5.99. The number of ketones is 1. The number of carbonyl (C=O) groups is 3. The zero-order valence-electron chi connectivity index (χ0n) is 23.2. The van der Waals surface area contributed by atoms with Gasteiger partial charge < -0.3 is 10.4 Å². The predicted molar refractivity (Wildman–Crippen MR) is 162 cm³/mol. The van der Waals surface area contributed by atoms with E-state index < -0.39 is 11.9 Å². The van der Waals surface area contributed by atoms with Crippen LogP contribution in [0.1, 0.15) is 54.1 Å². The molecule has 1 aromatic heterocycles. The quantitative estimate of drug-likeness (QED) is 0.149. The number of hydrogen-bond donors (Lipinski definition) is 3. The van der Waals surface area contributed by atoms with Gasteiger partial charge in [0.2, 0.25) is 0 Å². The minimum atomic E-state index is -0.959. The lowest BCUT2D eigenvalue weighted by molar-refractivity contribution is -0.141. The van der Waals surface area contributed by atoms with Gasteiger partial charge in [-0.05, 0) is 66.6 Å². The van der Waals surface area contributed by atoms with Crippen LogP contribution in [0.3, 0.4) is 0 Å². The van der Waals surface area contributed by atoms with Crippen LogP contribution in [-0.4, -0.2) is 27.9 Å². The lowest BCUT2D eigenvalue weighted by atomic mass is 9.92. The van der Waals surface area contributed by atoms with E-state index in [9.17, 15) is 19.5 Å². The predicted octanol–water partition coefficient (Wildman–Crippen LogP) is 7.64. The summed E-state index contributed by atoms with van der Waals surface area (Å²) in [5.74, 6) is -1.49. The molecule has 0 fully saturated rings. The Morgan fingerprint density at radius 3 is 2.10 bits per heavy atom. The molecule has 1 unspecified atom stereocenters. The Morgan fingerprint density at radius 2 is 1.46 bits per heavy atom. The Bertz CT molecular complexity index is 1430. The molecular weight excluding hydrogens is 514 g/mol. The number of carboxylic acids is 1. The van der Waals surface area contributed by atoms with Crippen LogP contribution in [0.5, 0.6) is 0 Å². The Morgan fingerprint density at radius 1 is 0.780 bits per heavy atom. The summed E-state index contributed by atoms with van der Waals surface area (Å²) in [6.07, 6.45) is 5.92. The van der Waals surface area contributed by atoms with Crippen LogP contribution >= 0.6 is 0 Å². The van der Waals surface area contributed by atoms with Gasteiger partial charge in [-0.2, -0.15) is 0 Å². The number of urea groups is 1. The topological polar surface area (TPSA) is 108 Å². The van der Waals surface area contributed by atoms with Gasteiger partial charge >= 0.3 is 12.0 Å². The Kier molecular flexibility index (Phi) is 10.4.